The van der Waals surface area contributed by atoms with Gasteiger partial charge in [-0.2, -0.15) is 0 Å². The van der Waals surface area contributed by atoms with Gasteiger partial charge in [0.25, 0.3) is 5.91 Å². The van der Waals surface area contributed by atoms with Crippen molar-refractivity contribution in [3.63, 3.8) is 0 Å². The lowest BCUT2D eigenvalue weighted by atomic mass is 10.1. The Labute approximate surface area is 130 Å². The zero-order valence-electron chi connectivity index (χ0n) is 11.6. The first-order valence-corrected chi connectivity index (χ1v) is 8.79. The van der Waals surface area contributed by atoms with E-state index >= 15 is 0 Å². The van der Waals surface area contributed by atoms with E-state index in [-0.39, 0.29) is 5.91 Å². The van der Waals surface area contributed by atoms with Gasteiger partial charge >= 0.3 is 0 Å². The number of nitrogens with one attached hydrogen (secondary N) is 1. The predicted octanol–water partition coefficient (Wildman–Crippen LogP) is 2.21. The fourth-order valence-corrected chi connectivity index (χ4v) is 3.33. The first-order valence-electron chi connectivity index (χ1n) is 6.23. The van der Waals surface area contributed by atoms with Gasteiger partial charge in [-0.15, -0.1) is 0 Å². The summed E-state index contributed by atoms with van der Waals surface area (Å²) in [6.45, 7) is 1.55. The zero-order chi connectivity index (χ0) is 15.4. The summed E-state index contributed by atoms with van der Waals surface area (Å²) in [5, 5.41) is 3.34. The molecule has 2 amide bonds. The van der Waals surface area contributed by atoms with Crippen LogP contribution in [0.25, 0.3) is 10.9 Å². The lowest BCUT2D eigenvalue weighted by Gasteiger charge is -2.12. The van der Waals surface area contributed by atoms with Crippen LogP contribution >= 0.6 is 21.6 Å². The summed E-state index contributed by atoms with van der Waals surface area (Å²) in [7, 11) is 3.21. The number of hydrogen-bond donors (Lipinski definition) is 2. The van der Waals surface area contributed by atoms with E-state index in [9.17, 15) is 9.59 Å². The third-order valence-corrected chi connectivity index (χ3v) is 4.64. The molecule has 2 aromatic rings. The van der Waals surface area contributed by atoms with E-state index in [1.807, 2.05) is 18.4 Å². The Morgan fingerprint density at radius 1 is 1.33 bits per heavy atom. The van der Waals surface area contributed by atoms with Crippen molar-refractivity contribution in [3.8, 4) is 0 Å². The van der Waals surface area contributed by atoms with Gasteiger partial charge in [-0.05, 0) is 31.4 Å². The summed E-state index contributed by atoms with van der Waals surface area (Å²) in [6, 6.07) is 6.51. The number of rotatable bonds is 5. The van der Waals surface area contributed by atoms with Gasteiger partial charge in [0, 0.05) is 22.0 Å². The van der Waals surface area contributed by atoms with Crippen LogP contribution in [0.5, 0.6) is 0 Å². The maximum atomic E-state index is 12.3. The Bertz CT molecular complexity index is 691. The molecule has 110 valence electrons. The number of benzene rings is 1. The van der Waals surface area contributed by atoms with E-state index in [4.69, 9.17) is 5.73 Å². The van der Waals surface area contributed by atoms with Crippen LogP contribution in [0.15, 0.2) is 35.4 Å². The molecule has 0 bridgehead atoms. The predicted molar refractivity (Wildman–Crippen MR) is 87.2 cm³/mol. The van der Waals surface area contributed by atoms with Crippen LogP contribution in [-0.4, -0.2) is 29.1 Å². The highest BCUT2D eigenvalue weighted by molar-refractivity contribution is 8.76. The molecule has 1 atom stereocenters. The average Bonchev–Trinajstić information content (AvgIpc) is 2.47. The molecule has 7 heteroatoms. The zero-order valence-corrected chi connectivity index (χ0v) is 13.3. The van der Waals surface area contributed by atoms with Crippen LogP contribution in [0.1, 0.15) is 17.3 Å². The number of nitrogens with two attached hydrogens (primary N) is 1. The third kappa shape index (κ3) is 3.48. The third-order valence-electron chi connectivity index (χ3n) is 2.92. The van der Waals surface area contributed by atoms with E-state index in [1.54, 1.807) is 46.8 Å². The second-order valence-corrected chi connectivity index (χ2v) is 6.80. The summed E-state index contributed by atoms with van der Waals surface area (Å²) in [6.07, 6.45) is 3.68. The van der Waals surface area contributed by atoms with Gasteiger partial charge in [0.2, 0.25) is 5.91 Å². The Morgan fingerprint density at radius 2 is 2.10 bits per heavy atom. The van der Waals surface area contributed by atoms with Gasteiger partial charge in [0.05, 0.1) is 5.52 Å². The number of carbonyl (C=O) groups excluding carboxylic acids is 2. The lowest BCUT2D eigenvalue weighted by molar-refractivity contribution is -0.119. The molecule has 0 saturated heterocycles. The minimum absolute atomic E-state index is 0.333. The highest BCUT2D eigenvalue weighted by Gasteiger charge is 2.17. The molecule has 0 aliphatic carbocycles. The Hall–Kier alpha value is -1.73. The summed E-state index contributed by atoms with van der Waals surface area (Å²) >= 11 is 0. The van der Waals surface area contributed by atoms with Crippen LogP contribution < -0.4 is 11.1 Å². The van der Waals surface area contributed by atoms with E-state index in [2.05, 4.69) is 10.3 Å². The fraction of sp³-hybridized carbons (Fsp3) is 0.214. The first kappa shape index (κ1) is 15.7. The quantitative estimate of drug-likeness (QED) is 0.825. The van der Waals surface area contributed by atoms with E-state index in [1.165, 1.54) is 0 Å². The Kier molecular flexibility index (Phi) is 5.08. The molecule has 1 heterocycles. The van der Waals surface area contributed by atoms with E-state index in [0.29, 0.717) is 5.56 Å². The number of fused-ring (bicyclic) bond motifs is 1. The molecule has 1 aromatic carbocycles. The smallest absolute Gasteiger partial charge is 0.252 e. The van der Waals surface area contributed by atoms with Crippen LogP contribution in [0.3, 0.4) is 0 Å². The highest BCUT2D eigenvalue weighted by atomic mass is 33.1. The molecule has 21 heavy (non-hydrogen) atoms. The van der Waals surface area contributed by atoms with Gasteiger partial charge in [-0.25, -0.2) is 0 Å². The van der Waals surface area contributed by atoms with E-state index < -0.39 is 11.9 Å². The molecule has 1 aromatic heterocycles. The summed E-state index contributed by atoms with van der Waals surface area (Å²) in [5.41, 5.74) is 6.42. The van der Waals surface area contributed by atoms with E-state index in [0.717, 1.165) is 15.8 Å². The molecule has 0 unspecified atom stereocenters. The molecule has 0 saturated carbocycles. The van der Waals surface area contributed by atoms with Crippen LogP contribution in [-0.2, 0) is 4.79 Å². The number of carbonyl (C=O) groups is 2. The Balaban J connectivity index is 2.43. The van der Waals surface area contributed by atoms with Crippen molar-refractivity contribution in [3.05, 3.63) is 36.0 Å². The van der Waals surface area contributed by atoms with Crippen LogP contribution in [0, 0.1) is 0 Å². The molecule has 0 radical (unpaired) electrons. The van der Waals surface area contributed by atoms with Crippen molar-refractivity contribution in [1.82, 2.24) is 10.3 Å². The number of primary amides is 1. The van der Waals surface area contributed by atoms with Crippen molar-refractivity contribution in [2.45, 2.75) is 17.9 Å². The second kappa shape index (κ2) is 6.82. The van der Waals surface area contributed by atoms with Crippen molar-refractivity contribution in [2.24, 2.45) is 5.73 Å². The average molecular weight is 321 g/mol. The number of hydrogen-bond acceptors (Lipinski definition) is 5. The maximum Gasteiger partial charge on any atom is 0.252 e. The summed E-state index contributed by atoms with van der Waals surface area (Å²) in [4.78, 5) is 28.7. The monoisotopic (exact) mass is 321 g/mol. The molecule has 2 rings (SSSR count). The minimum atomic E-state index is -0.718. The van der Waals surface area contributed by atoms with Gasteiger partial charge < -0.3 is 11.1 Å². The molecule has 0 fully saturated rings. The first-order chi connectivity index (χ1) is 10.0. The number of nitrogens with zero attached hydrogens (tertiary/aromatic N) is 1. The van der Waals surface area contributed by atoms with Gasteiger partial charge in [0.1, 0.15) is 6.04 Å². The lowest BCUT2D eigenvalue weighted by Crippen LogP contribution is -2.42. The van der Waals surface area contributed by atoms with Gasteiger partial charge in [-0.3, -0.25) is 14.6 Å². The molecule has 0 aliphatic heterocycles. The van der Waals surface area contributed by atoms with Crippen LogP contribution in [0.2, 0.25) is 0 Å². The van der Waals surface area contributed by atoms with Crippen molar-refractivity contribution in [2.75, 3.05) is 6.26 Å². The molecule has 0 aliphatic rings. The number of amides is 2. The summed E-state index contributed by atoms with van der Waals surface area (Å²) in [5.74, 6) is -0.902. The fourth-order valence-electron chi connectivity index (χ4n) is 1.85. The number of aromatic nitrogens is 1. The number of pyridine rings is 1. The SMILES string of the molecule is CSSc1ccc(C(=O)N[C@@H](C)C(N)=O)c2cccnc12. The standard InChI is InChI=1S/C14H15N3O2S2/c1-8(13(15)18)17-14(19)10-5-6-11(21-20-2)12-9(10)4-3-7-16-12/h3-8H,1-2H3,(H2,15,18)(H,17,19)/t8-/m0/s1. The molecule has 3 N–H and O–H groups in total. The van der Waals surface area contributed by atoms with Crippen LogP contribution in [0.4, 0.5) is 0 Å². The summed E-state index contributed by atoms with van der Waals surface area (Å²) < 4.78 is 0. The van der Waals surface area contributed by atoms with Crippen molar-refractivity contribution in [1.29, 1.82) is 0 Å². The Morgan fingerprint density at radius 3 is 2.76 bits per heavy atom. The molecular formula is C14H15N3O2S2. The van der Waals surface area contributed by atoms with Gasteiger partial charge in [-0.1, -0.05) is 27.7 Å². The molecular weight excluding hydrogens is 306 g/mol. The normalized spacial score (nSPS) is 12.1. The van der Waals surface area contributed by atoms with Gasteiger partial charge in [0.15, 0.2) is 0 Å². The second-order valence-electron chi connectivity index (χ2n) is 4.36. The minimum Gasteiger partial charge on any atom is -0.368 e. The molecule has 0 spiro atoms. The molecule has 5 nitrogen and oxygen atoms in total. The van der Waals surface area contributed by atoms with Crippen molar-refractivity contribution < 1.29 is 9.59 Å². The highest BCUT2D eigenvalue weighted by Crippen LogP contribution is 2.34. The largest absolute Gasteiger partial charge is 0.368 e. The topological polar surface area (TPSA) is 85.1 Å². The van der Waals surface area contributed by atoms with Crippen molar-refractivity contribution >= 4 is 44.3 Å². The maximum absolute atomic E-state index is 12.3.